The van der Waals surface area contributed by atoms with Crippen LogP contribution in [-0.4, -0.2) is 12.3 Å². The molecule has 2 aromatic carbocycles. The van der Waals surface area contributed by atoms with Gasteiger partial charge in [0.1, 0.15) is 0 Å². The molecule has 0 bridgehead atoms. The molecule has 0 amide bonds. The molecule has 2 nitrogen and oxygen atoms in total. The summed E-state index contributed by atoms with van der Waals surface area (Å²) in [6.45, 7) is 0.502. The van der Waals surface area contributed by atoms with Gasteiger partial charge in [-0.15, -0.1) is 0 Å². The van der Waals surface area contributed by atoms with Crippen LogP contribution in [0.3, 0.4) is 0 Å². The lowest BCUT2D eigenvalue weighted by atomic mass is 10.1. The van der Waals surface area contributed by atoms with Gasteiger partial charge in [0, 0.05) is 15.7 Å². The van der Waals surface area contributed by atoms with Gasteiger partial charge in [0.05, 0.1) is 23.5 Å². The first kappa shape index (κ1) is 14.1. The second-order valence-electron chi connectivity index (χ2n) is 4.65. The zero-order chi connectivity index (χ0) is 15.0. The Morgan fingerprint density at radius 3 is 2.67 bits per heavy atom. The molecule has 1 N–H and O–H groups in total. The maximum Gasteiger partial charge on any atom is 0.416 e. The summed E-state index contributed by atoms with van der Waals surface area (Å²) in [7, 11) is 0. The van der Waals surface area contributed by atoms with Crippen LogP contribution < -0.4 is 5.32 Å². The fraction of sp³-hybridized carbons (Fsp3) is 0.133. The van der Waals surface area contributed by atoms with Crippen LogP contribution in [0.15, 0.2) is 51.9 Å². The molecule has 0 unspecified atom stereocenters. The van der Waals surface area contributed by atoms with Crippen LogP contribution in [0, 0.1) is 0 Å². The second-order valence-corrected chi connectivity index (χ2v) is 5.57. The van der Waals surface area contributed by atoms with Crippen molar-refractivity contribution in [3.05, 3.63) is 58.1 Å². The quantitative estimate of drug-likeness (QED) is 0.764. The minimum absolute atomic E-state index is 0.300. The molecule has 1 heterocycles. The zero-order valence-corrected chi connectivity index (χ0v) is 12.3. The van der Waals surface area contributed by atoms with E-state index in [4.69, 9.17) is 0 Å². The number of rotatable bonds is 1. The van der Waals surface area contributed by atoms with E-state index in [-0.39, 0.29) is 0 Å². The van der Waals surface area contributed by atoms with E-state index >= 15 is 0 Å². The Bertz CT molecular complexity index is 723. The minimum Gasteiger partial charge on any atom is -0.379 e. The standard InChI is InChI=1S/C15H10BrF3N2/c16-10-4-5-13-12(7-10)14(8-20-13)21-11-3-1-2-9(6-11)15(17,18)19/h1-7,20H,8H2. The molecular weight excluding hydrogens is 345 g/mol. The van der Waals surface area contributed by atoms with E-state index in [0.29, 0.717) is 12.2 Å². The molecule has 0 saturated carbocycles. The molecular formula is C15H10BrF3N2. The number of hydrogen-bond donors (Lipinski definition) is 1. The van der Waals surface area contributed by atoms with Gasteiger partial charge in [0.15, 0.2) is 0 Å². The second kappa shape index (κ2) is 5.18. The Labute approximate surface area is 127 Å². The molecule has 21 heavy (non-hydrogen) atoms. The van der Waals surface area contributed by atoms with Crippen molar-refractivity contribution in [3.63, 3.8) is 0 Å². The van der Waals surface area contributed by atoms with Gasteiger partial charge in [-0.3, -0.25) is 4.99 Å². The van der Waals surface area contributed by atoms with Crippen LogP contribution in [0.25, 0.3) is 0 Å². The molecule has 0 radical (unpaired) electrons. The predicted molar refractivity (Wildman–Crippen MR) is 80.3 cm³/mol. The van der Waals surface area contributed by atoms with Crippen LogP contribution in [-0.2, 0) is 6.18 Å². The first-order valence-electron chi connectivity index (χ1n) is 6.22. The lowest BCUT2D eigenvalue weighted by Gasteiger charge is -2.07. The van der Waals surface area contributed by atoms with Gasteiger partial charge in [0.25, 0.3) is 0 Å². The van der Waals surface area contributed by atoms with Crippen LogP contribution in [0.1, 0.15) is 11.1 Å². The molecule has 0 aromatic heterocycles. The van der Waals surface area contributed by atoms with Gasteiger partial charge in [-0.25, -0.2) is 0 Å². The summed E-state index contributed by atoms with van der Waals surface area (Å²) in [6, 6.07) is 10.8. The Morgan fingerprint density at radius 2 is 1.90 bits per heavy atom. The third kappa shape index (κ3) is 2.95. The molecule has 2 aromatic rings. The van der Waals surface area contributed by atoms with Crippen molar-refractivity contribution in [1.29, 1.82) is 0 Å². The van der Waals surface area contributed by atoms with Gasteiger partial charge in [-0.2, -0.15) is 13.2 Å². The van der Waals surface area contributed by atoms with Crippen molar-refractivity contribution >= 4 is 33.0 Å². The van der Waals surface area contributed by atoms with Crippen molar-refractivity contribution in [2.75, 3.05) is 11.9 Å². The molecule has 0 aliphatic carbocycles. The molecule has 0 spiro atoms. The van der Waals surface area contributed by atoms with Crippen LogP contribution in [0.2, 0.25) is 0 Å². The molecule has 1 aliphatic heterocycles. The summed E-state index contributed by atoms with van der Waals surface area (Å²) in [5, 5.41) is 3.17. The lowest BCUT2D eigenvalue weighted by molar-refractivity contribution is -0.137. The summed E-state index contributed by atoms with van der Waals surface area (Å²) in [4.78, 5) is 4.35. The van der Waals surface area contributed by atoms with Crippen LogP contribution in [0.4, 0.5) is 24.5 Å². The Hall–Kier alpha value is -1.82. The number of nitrogens with zero attached hydrogens (tertiary/aromatic N) is 1. The number of fused-ring (bicyclic) bond motifs is 1. The molecule has 0 fully saturated rings. The summed E-state index contributed by atoms with van der Waals surface area (Å²) >= 11 is 3.38. The number of nitrogens with one attached hydrogen (secondary N) is 1. The largest absolute Gasteiger partial charge is 0.416 e. The van der Waals surface area contributed by atoms with E-state index in [1.54, 1.807) is 6.07 Å². The molecule has 6 heteroatoms. The molecule has 0 atom stereocenters. The van der Waals surface area contributed by atoms with E-state index in [0.717, 1.165) is 33.6 Å². The van der Waals surface area contributed by atoms with E-state index in [1.807, 2.05) is 18.2 Å². The normalized spacial score (nSPS) is 15.9. The maximum absolute atomic E-state index is 12.7. The molecule has 108 valence electrons. The number of halogens is 4. The molecule has 3 rings (SSSR count). The third-order valence-electron chi connectivity index (χ3n) is 3.18. The van der Waals surface area contributed by atoms with Crippen molar-refractivity contribution in [3.8, 4) is 0 Å². The first-order valence-corrected chi connectivity index (χ1v) is 7.01. The van der Waals surface area contributed by atoms with Crippen LogP contribution >= 0.6 is 15.9 Å². The lowest BCUT2D eigenvalue weighted by Crippen LogP contribution is -2.05. The fourth-order valence-electron chi connectivity index (χ4n) is 2.19. The highest BCUT2D eigenvalue weighted by Gasteiger charge is 2.30. The topological polar surface area (TPSA) is 24.4 Å². The highest BCUT2D eigenvalue weighted by molar-refractivity contribution is 9.10. The van der Waals surface area contributed by atoms with E-state index in [1.165, 1.54) is 6.07 Å². The van der Waals surface area contributed by atoms with Crippen molar-refractivity contribution in [2.45, 2.75) is 6.18 Å². The predicted octanol–water partition coefficient (Wildman–Crippen LogP) is 5.01. The van der Waals surface area contributed by atoms with Crippen molar-refractivity contribution in [1.82, 2.24) is 0 Å². The number of anilines is 1. The summed E-state index contributed by atoms with van der Waals surface area (Å²) < 4.78 is 39.0. The van der Waals surface area contributed by atoms with Crippen LogP contribution in [0.5, 0.6) is 0 Å². The van der Waals surface area contributed by atoms with Gasteiger partial charge < -0.3 is 5.32 Å². The monoisotopic (exact) mass is 354 g/mol. The van der Waals surface area contributed by atoms with Gasteiger partial charge in [0.2, 0.25) is 0 Å². The number of benzene rings is 2. The van der Waals surface area contributed by atoms with E-state index in [9.17, 15) is 13.2 Å². The minimum atomic E-state index is -4.36. The smallest absolute Gasteiger partial charge is 0.379 e. The van der Waals surface area contributed by atoms with E-state index in [2.05, 4.69) is 26.2 Å². The fourth-order valence-corrected chi connectivity index (χ4v) is 2.55. The van der Waals surface area contributed by atoms with Gasteiger partial charge >= 0.3 is 6.18 Å². The average Bonchev–Trinajstić information content (AvgIpc) is 2.81. The summed E-state index contributed by atoms with van der Waals surface area (Å²) in [5.74, 6) is 0. The SMILES string of the molecule is FC(F)(F)c1cccc(N=C2CNc3ccc(Br)cc32)c1. The third-order valence-corrected chi connectivity index (χ3v) is 3.67. The van der Waals surface area contributed by atoms with Crippen molar-refractivity contribution < 1.29 is 13.2 Å². The summed E-state index contributed by atoms with van der Waals surface area (Å²) in [5.41, 5.74) is 2.18. The number of aliphatic imine (C=N–C) groups is 1. The Morgan fingerprint density at radius 1 is 1.10 bits per heavy atom. The highest BCUT2D eigenvalue weighted by atomic mass is 79.9. The number of hydrogen-bond acceptors (Lipinski definition) is 2. The summed E-state index contributed by atoms with van der Waals surface area (Å²) in [6.07, 6.45) is -4.36. The molecule has 0 saturated heterocycles. The van der Waals surface area contributed by atoms with Gasteiger partial charge in [-0.05, 0) is 36.4 Å². The van der Waals surface area contributed by atoms with E-state index < -0.39 is 11.7 Å². The van der Waals surface area contributed by atoms with Gasteiger partial charge in [-0.1, -0.05) is 22.0 Å². The Kier molecular flexibility index (Phi) is 3.49. The first-order chi connectivity index (χ1) is 9.93. The van der Waals surface area contributed by atoms with Crippen molar-refractivity contribution in [2.24, 2.45) is 4.99 Å². The average molecular weight is 355 g/mol. The zero-order valence-electron chi connectivity index (χ0n) is 10.7. The highest BCUT2D eigenvalue weighted by Crippen LogP contribution is 2.32. The molecule has 1 aliphatic rings. The number of alkyl halides is 3. The maximum atomic E-state index is 12.7. The Balaban J connectivity index is 2.00.